The van der Waals surface area contributed by atoms with Crippen LogP contribution in [0, 0.1) is 5.41 Å². The molecule has 0 amide bonds. The second kappa shape index (κ2) is 9.52. The normalized spacial score (nSPS) is 23.8. The van der Waals surface area contributed by atoms with Crippen LogP contribution in [-0.2, 0) is 17.3 Å². The Morgan fingerprint density at radius 1 is 0.919 bits per heavy atom. The van der Waals surface area contributed by atoms with Crippen molar-refractivity contribution < 1.29 is 22.7 Å². The molecule has 0 radical (unpaired) electrons. The van der Waals surface area contributed by atoms with E-state index in [0.29, 0.717) is 11.1 Å². The second-order valence-electron chi connectivity index (χ2n) is 12.0. The van der Waals surface area contributed by atoms with Gasteiger partial charge in [0.1, 0.15) is 0 Å². The van der Waals surface area contributed by atoms with Crippen molar-refractivity contribution in [2.75, 3.05) is 7.11 Å². The molecule has 1 aromatic heterocycles. The number of benzene rings is 1. The number of carbonyl (C=O) groups is 1. The predicted octanol–water partition coefficient (Wildman–Crippen LogP) is 8.45. The molecule has 4 aliphatic rings. The van der Waals surface area contributed by atoms with Crippen molar-refractivity contribution in [3.05, 3.63) is 63.5 Å². The van der Waals surface area contributed by atoms with Crippen LogP contribution in [0.4, 0.5) is 13.2 Å². The van der Waals surface area contributed by atoms with E-state index in [1.807, 2.05) is 0 Å². The first-order valence-corrected chi connectivity index (χ1v) is 14.1. The molecule has 1 heterocycles. The molecule has 3 nitrogen and oxygen atoms in total. The molecule has 1 spiro atoms. The van der Waals surface area contributed by atoms with Crippen LogP contribution in [-0.4, -0.2) is 17.9 Å². The molecule has 0 aliphatic heterocycles. The van der Waals surface area contributed by atoms with Crippen LogP contribution in [0.5, 0.6) is 0 Å². The number of rotatable bonds is 5. The van der Waals surface area contributed by atoms with Gasteiger partial charge in [-0.05, 0) is 80.4 Å². The molecule has 1 aromatic carbocycles. The first-order valence-electron chi connectivity index (χ1n) is 14.1. The van der Waals surface area contributed by atoms with Crippen LogP contribution < -0.4 is 0 Å². The van der Waals surface area contributed by atoms with E-state index < -0.39 is 11.7 Å². The van der Waals surface area contributed by atoms with Gasteiger partial charge in [0, 0.05) is 35.4 Å². The summed E-state index contributed by atoms with van der Waals surface area (Å²) in [4.78, 5) is 19.6. The van der Waals surface area contributed by atoms with Crippen molar-refractivity contribution in [3.8, 4) is 0 Å². The lowest BCUT2D eigenvalue weighted by Crippen LogP contribution is -2.29. The van der Waals surface area contributed by atoms with Crippen molar-refractivity contribution in [2.24, 2.45) is 5.41 Å². The van der Waals surface area contributed by atoms with Crippen LogP contribution in [0.2, 0.25) is 0 Å². The van der Waals surface area contributed by atoms with Crippen LogP contribution in [0.3, 0.4) is 0 Å². The average molecular weight is 512 g/mol. The highest BCUT2D eigenvalue weighted by atomic mass is 19.4. The summed E-state index contributed by atoms with van der Waals surface area (Å²) in [5, 5.41) is 0. The third-order valence-electron chi connectivity index (χ3n) is 9.56. The van der Waals surface area contributed by atoms with Gasteiger partial charge in [-0.1, -0.05) is 44.2 Å². The highest BCUT2D eigenvalue weighted by Crippen LogP contribution is 2.60. The minimum absolute atomic E-state index is 0.0764. The van der Waals surface area contributed by atoms with Crippen molar-refractivity contribution in [3.63, 3.8) is 0 Å². The molecule has 3 fully saturated rings. The van der Waals surface area contributed by atoms with E-state index >= 15 is 0 Å². The maximum atomic E-state index is 14.3. The number of carbonyl (C=O) groups excluding carboxylic acids is 1. The van der Waals surface area contributed by atoms with Crippen LogP contribution in [0.25, 0.3) is 0 Å². The number of nitrogens with zero attached hydrogens (tertiary/aromatic N) is 1. The topological polar surface area (TPSA) is 39.2 Å². The van der Waals surface area contributed by atoms with Gasteiger partial charge in [0.25, 0.3) is 0 Å². The Labute approximate surface area is 217 Å². The quantitative estimate of drug-likeness (QED) is 0.378. The Morgan fingerprint density at radius 2 is 1.54 bits per heavy atom. The monoisotopic (exact) mass is 511 g/mol. The van der Waals surface area contributed by atoms with E-state index in [4.69, 9.17) is 9.72 Å². The molecular formula is C31H36F3NO2. The summed E-state index contributed by atoms with van der Waals surface area (Å²) < 4.78 is 45.9. The Morgan fingerprint density at radius 3 is 2.14 bits per heavy atom. The number of methoxy groups -OCH3 is 1. The van der Waals surface area contributed by atoms with Gasteiger partial charge in [-0.2, -0.15) is 13.2 Å². The first-order chi connectivity index (χ1) is 17.8. The van der Waals surface area contributed by atoms with Gasteiger partial charge in [-0.15, -0.1) is 0 Å². The third kappa shape index (κ3) is 4.64. The fraction of sp³-hybridized carbons (Fsp3) is 0.613. The zero-order valence-electron chi connectivity index (χ0n) is 21.6. The largest absolute Gasteiger partial charge is 0.416 e. The van der Waals surface area contributed by atoms with Gasteiger partial charge in [-0.3, -0.25) is 9.78 Å². The molecule has 6 heteroatoms. The Hall–Kier alpha value is -2.21. The van der Waals surface area contributed by atoms with Crippen molar-refractivity contribution in [2.45, 2.75) is 108 Å². The van der Waals surface area contributed by atoms with Gasteiger partial charge in [0.15, 0.2) is 5.78 Å². The molecule has 37 heavy (non-hydrogen) atoms. The second-order valence-corrected chi connectivity index (χ2v) is 12.0. The number of alkyl halides is 3. The highest BCUT2D eigenvalue weighted by molar-refractivity contribution is 6.11. The smallest absolute Gasteiger partial charge is 0.377 e. The SMILES string of the molecule is CO[C@H]1CC2(CC2)Cc2nc(C3CCCC3)c(C(=O)c3ccc(C(F)(F)F)cc3)c(C3CCCCC3)c21. The molecule has 6 rings (SSSR count). The van der Waals surface area contributed by atoms with E-state index in [0.717, 1.165) is 98.9 Å². The number of ether oxygens (including phenoxy) is 1. The zero-order valence-corrected chi connectivity index (χ0v) is 21.6. The van der Waals surface area contributed by atoms with Crippen LogP contribution in [0.15, 0.2) is 24.3 Å². The summed E-state index contributed by atoms with van der Waals surface area (Å²) in [7, 11) is 1.77. The summed E-state index contributed by atoms with van der Waals surface area (Å²) >= 11 is 0. The lowest BCUT2D eigenvalue weighted by Gasteiger charge is -2.37. The third-order valence-corrected chi connectivity index (χ3v) is 9.56. The van der Waals surface area contributed by atoms with E-state index in [1.165, 1.54) is 31.4 Å². The number of pyridine rings is 1. The molecule has 0 unspecified atom stereocenters. The summed E-state index contributed by atoms with van der Waals surface area (Å²) in [5.74, 6) is 0.331. The van der Waals surface area contributed by atoms with E-state index in [-0.39, 0.29) is 29.1 Å². The fourth-order valence-electron chi connectivity index (χ4n) is 7.37. The zero-order chi connectivity index (χ0) is 25.8. The van der Waals surface area contributed by atoms with Crippen LogP contribution >= 0.6 is 0 Å². The minimum atomic E-state index is -4.43. The molecule has 4 aliphatic carbocycles. The Balaban J connectivity index is 1.55. The number of halogens is 3. The number of fused-ring (bicyclic) bond motifs is 1. The van der Waals surface area contributed by atoms with Gasteiger partial charge in [-0.25, -0.2) is 0 Å². The molecule has 3 saturated carbocycles. The number of hydrogen-bond donors (Lipinski definition) is 0. The van der Waals surface area contributed by atoms with E-state index in [9.17, 15) is 18.0 Å². The van der Waals surface area contributed by atoms with E-state index in [2.05, 4.69) is 0 Å². The van der Waals surface area contributed by atoms with Gasteiger partial charge in [0.05, 0.1) is 17.4 Å². The van der Waals surface area contributed by atoms with Gasteiger partial charge >= 0.3 is 6.18 Å². The average Bonchev–Trinajstić information content (AvgIpc) is 3.41. The lowest BCUT2D eigenvalue weighted by molar-refractivity contribution is -0.137. The number of ketones is 1. The maximum Gasteiger partial charge on any atom is 0.416 e. The summed E-state index contributed by atoms with van der Waals surface area (Å²) in [6.07, 6.45) is 9.66. The molecule has 0 bridgehead atoms. The summed E-state index contributed by atoms with van der Waals surface area (Å²) in [6.45, 7) is 0. The van der Waals surface area contributed by atoms with Crippen molar-refractivity contribution >= 4 is 5.78 Å². The van der Waals surface area contributed by atoms with Crippen LogP contribution in [0.1, 0.15) is 139 Å². The number of aromatic nitrogens is 1. The van der Waals surface area contributed by atoms with Crippen molar-refractivity contribution in [1.29, 1.82) is 0 Å². The maximum absolute atomic E-state index is 14.3. The number of hydrogen-bond acceptors (Lipinski definition) is 3. The summed E-state index contributed by atoms with van der Waals surface area (Å²) in [6, 6.07) is 4.76. The predicted molar refractivity (Wildman–Crippen MR) is 136 cm³/mol. The Kier molecular flexibility index (Phi) is 6.45. The standard InChI is InChI=1S/C31H36F3NO2/c1-37-24-18-30(15-16-30)17-23-26(24)25(19-7-3-2-4-8-19)27(28(35-23)20-9-5-6-10-20)29(36)21-11-13-22(14-12-21)31(32,33)34/h11-14,19-20,24H,2-10,15-18H2,1H3/t24-/m0/s1. The minimum Gasteiger partial charge on any atom is -0.377 e. The summed E-state index contributed by atoms with van der Waals surface area (Å²) in [5.41, 5.74) is 4.85. The molecule has 0 N–H and O–H groups in total. The van der Waals surface area contributed by atoms with Crippen molar-refractivity contribution in [1.82, 2.24) is 4.98 Å². The highest BCUT2D eigenvalue weighted by Gasteiger charge is 2.50. The molecular weight excluding hydrogens is 475 g/mol. The molecule has 198 valence electrons. The molecule has 2 aromatic rings. The van der Waals surface area contributed by atoms with E-state index in [1.54, 1.807) is 7.11 Å². The lowest BCUT2D eigenvalue weighted by atomic mass is 9.71. The Bertz CT molecular complexity index is 1170. The molecule has 0 saturated heterocycles. The fourth-order valence-corrected chi connectivity index (χ4v) is 7.37. The molecule has 1 atom stereocenters. The van der Waals surface area contributed by atoms with Gasteiger partial charge < -0.3 is 4.74 Å². The first kappa shape index (κ1) is 25.1. The van der Waals surface area contributed by atoms with Gasteiger partial charge in [0.2, 0.25) is 0 Å².